The summed E-state index contributed by atoms with van der Waals surface area (Å²) in [5.41, 5.74) is 6.38. The second-order valence-corrected chi connectivity index (χ2v) is 13.3. The molecule has 0 atom stereocenters. The van der Waals surface area contributed by atoms with E-state index in [2.05, 4.69) is 174 Å². The molecule has 9 aromatic rings. The standard InChI is InChI=1S/C44H28N2OS/c1-2-12-31-26-32(21-20-29(31)10-1)45(38-17-9-13-30-11-3-4-14-35(30)38)33-23-25-40-42(27-33)47-41-18-7-6-16-39(41)46(40)34-22-24-37-36-15-5-8-19-43(36)48-44(37)28-34/h1-28H. The number of anilines is 6. The van der Waals surface area contributed by atoms with E-state index in [9.17, 15) is 0 Å². The summed E-state index contributed by atoms with van der Waals surface area (Å²) in [6, 6.07) is 60.7. The molecule has 1 aliphatic heterocycles. The van der Waals surface area contributed by atoms with E-state index in [4.69, 9.17) is 4.74 Å². The Morgan fingerprint density at radius 2 is 1.12 bits per heavy atom. The van der Waals surface area contributed by atoms with Crippen molar-refractivity contribution >= 4 is 87.2 Å². The predicted octanol–water partition coefficient (Wildman–Crippen LogP) is 13.4. The van der Waals surface area contributed by atoms with Crippen LogP contribution in [0, 0.1) is 0 Å². The first-order valence-electron chi connectivity index (χ1n) is 16.2. The van der Waals surface area contributed by atoms with Gasteiger partial charge in [0.1, 0.15) is 0 Å². The normalized spacial score (nSPS) is 12.3. The first kappa shape index (κ1) is 27.1. The molecule has 0 fully saturated rings. The molecule has 1 aromatic heterocycles. The molecule has 0 saturated carbocycles. The van der Waals surface area contributed by atoms with Crippen LogP contribution in [0.3, 0.4) is 0 Å². The summed E-state index contributed by atoms with van der Waals surface area (Å²) in [4.78, 5) is 4.69. The van der Waals surface area contributed by atoms with Crippen LogP contribution in [0.25, 0.3) is 41.7 Å². The van der Waals surface area contributed by atoms with Crippen LogP contribution in [-0.2, 0) is 0 Å². The molecule has 8 aromatic carbocycles. The van der Waals surface area contributed by atoms with E-state index in [0.29, 0.717) is 0 Å². The maximum Gasteiger partial charge on any atom is 0.153 e. The van der Waals surface area contributed by atoms with Gasteiger partial charge in [-0.1, -0.05) is 103 Å². The summed E-state index contributed by atoms with van der Waals surface area (Å²) in [6.07, 6.45) is 0. The first-order chi connectivity index (χ1) is 23.8. The zero-order valence-corrected chi connectivity index (χ0v) is 26.7. The Morgan fingerprint density at radius 1 is 0.438 bits per heavy atom. The largest absolute Gasteiger partial charge is 0.453 e. The molecule has 0 amide bonds. The highest BCUT2D eigenvalue weighted by molar-refractivity contribution is 7.25. The maximum absolute atomic E-state index is 6.72. The van der Waals surface area contributed by atoms with Gasteiger partial charge >= 0.3 is 0 Å². The van der Waals surface area contributed by atoms with E-state index >= 15 is 0 Å². The Bertz CT molecular complexity index is 2690. The van der Waals surface area contributed by atoms with E-state index in [1.165, 1.54) is 41.7 Å². The summed E-state index contributed by atoms with van der Waals surface area (Å²) in [7, 11) is 0. The Balaban J connectivity index is 1.16. The lowest BCUT2D eigenvalue weighted by Gasteiger charge is -2.34. The molecule has 0 bridgehead atoms. The summed E-state index contributed by atoms with van der Waals surface area (Å²) >= 11 is 1.84. The fourth-order valence-electron chi connectivity index (χ4n) is 7.16. The molecular weight excluding hydrogens is 605 g/mol. The van der Waals surface area contributed by atoms with Gasteiger partial charge < -0.3 is 14.5 Å². The number of nitrogens with zero attached hydrogens (tertiary/aromatic N) is 2. The van der Waals surface area contributed by atoms with Crippen LogP contribution in [-0.4, -0.2) is 0 Å². The van der Waals surface area contributed by atoms with Gasteiger partial charge in [0, 0.05) is 43.0 Å². The van der Waals surface area contributed by atoms with Gasteiger partial charge in [-0.25, -0.2) is 0 Å². The summed E-state index contributed by atoms with van der Waals surface area (Å²) in [5.74, 6) is 1.65. The molecule has 0 saturated heterocycles. The average molecular weight is 633 g/mol. The molecule has 48 heavy (non-hydrogen) atoms. The summed E-state index contributed by atoms with van der Waals surface area (Å²) in [5, 5.41) is 7.40. The minimum atomic E-state index is 0.814. The smallest absolute Gasteiger partial charge is 0.153 e. The molecule has 10 rings (SSSR count). The number of thiophene rings is 1. The molecule has 1 aliphatic rings. The van der Waals surface area contributed by atoms with Crippen molar-refractivity contribution in [1.82, 2.24) is 0 Å². The van der Waals surface area contributed by atoms with Crippen LogP contribution in [0.1, 0.15) is 0 Å². The van der Waals surface area contributed by atoms with Gasteiger partial charge in [0.25, 0.3) is 0 Å². The monoisotopic (exact) mass is 632 g/mol. The molecule has 2 heterocycles. The van der Waals surface area contributed by atoms with Gasteiger partial charge in [-0.2, -0.15) is 0 Å². The minimum absolute atomic E-state index is 0.814. The van der Waals surface area contributed by atoms with Crippen molar-refractivity contribution in [2.45, 2.75) is 0 Å². The summed E-state index contributed by atoms with van der Waals surface area (Å²) < 4.78 is 9.30. The molecule has 3 nitrogen and oxygen atoms in total. The fraction of sp³-hybridized carbons (Fsp3) is 0. The molecular formula is C44H28N2OS. The van der Waals surface area contributed by atoms with Gasteiger partial charge in [-0.3, -0.25) is 0 Å². The second kappa shape index (κ2) is 10.7. The van der Waals surface area contributed by atoms with Crippen molar-refractivity contribution in [3.05, 3.63) is 170 Å². The van der Waals surface area contributed by atoms with E-state index < -0.39 is 0 Å². The van der Waals surface area contributed by atoms with E-state index in [-0.39, 0.29) is 0 Å². The van der Waals surface area contributed by atoms with Crippen molar-refractivity contribution in [1.29, 1.82) is 0 Å². The van der Waals surface area contributed by atoms with Crippen molar-refractivity contribution < 1.29 is 4.74 Å². The van der Waals surface area contributed by atoms with Crippen molar-refractivity contribution in [2.75, 3.05) is 9.80 Å². The van der Waals surface area contributed by atoms with E-state index in [0.717, 1.165) is 45.6 Å². The van der Waals surface area contributed by atoms with Crippen molar-refractivity contribution in [3.8, 4) is 11.5 Å². The lowest BCUT2D eigenvalue weighted by atomic mass is 10.0. The van der Waals surface area contributed by atoms with Crippen LogP contribution in [0.15, 0.2) is 170 Å². The number of ether oxygens (including phenoxy) is 1. The predicted molar refractivity (Wildman–Crippen MR) is 204 cm³/mol. The second-order valence-electron chi connectivity index (χ2n) is 12.2. The van der Waals surface area contributed by atoms with Gasteiger partial charge in [0.05, 0.1) is 22.7 Å². The van der Waals surface area contributed by atoms with E-state index in [1.807, 2.05) is 17.4 Å². The third-order valence-electron chi connectivity index (χ3n) is 9.39. The fourth-order valence-corrected chi connectivity index (χ4v) is 8.30. The zero-order chi connectivity index (χ0) is 31.6. The third-order valence-corrected chi connectivity index (χ3v) is 10.5. The van der Waals surface area contributed by atoms with Gasteiger partial charge in [-0.05, 0) is 76.8 Å². The highest BCUT2D eigenvalue weighted by Crippen LogP contribution is 2.53. The molecule has 0 spiro atoms. The topological polar surface area (TPSA) is 15.7 Å². The Morgan fingerprint density at radius 3 is 2.06 bits per heavy atom. The maximum atomic E-state index is 6.72. The number of benzene rings is 8. The van der Waals surface area contributed by atoms with Crippen molar-refractivity contribution in [3.63, 3.8) is 0 Å². The third kappa shape index (κ3) is 4.27. The number of para-hydroxylation sites is 2. The van der Waals surface area contributed by atoms with Gasteiger partial charge in [-0.15, -0.1) is 11.3 Å². The average Bonchev–Trinajstić information content (AvgIpc) is 3.52. The highest BCUT2D eigenvalue weighted by atomic mass is 32.1. The molecule has 0 unspecified atom stereocenters. The van der Waals surface area contributed by atoms with Gasteiger partial charge in [0.15, 0.2) is 11.5 Å². The lowest BCUT2D eigenvalue weighted by Crippen LogP contribution is -2.17. The SMILES string of the molecule is c1ccc2c(c1)Oc1cc(N(c3ccc4ccccc4c3)c3cccc4ccccc34)ccc1N2c1ccc2c(c1)sc1ccccc12. The number of hydrogen-bond acceptors (Lipinski definition) is 4. The zero-order valence-electron chi connectivity index (χ0n) is 25.9. The Kier molecular flexibility index (Phi) is 6.05. The van der Waals surface area contributed by atoms with Crippen LogP contribution in [0.5, 0.6) is 11.5 Å². The lowest BCUT2D eigenvalue weighted by molar-refractivity contribution is 0.477. The molecule has 0 aliphatic carbocycles. The number of rotatable bonds is 4. The molecule has 0 radical (unpaired) electrons. The van der Waals surface area contributed by atoms with Crippen LogP contribution < -0.4 is 14.5 Å². The van der Waals surface area contributed by atoms with Crippen LogP contribution in [0.2, 0.25) is 0 Å². The minimum Gasteiger partial charge on any atom is -0.453 e. The van der Waals surface area contributed by atoms with Crippen LogP contribution in [0.4, 0.5) is 34.1 Å². The Hall–Kier alpha value is -6.10. The highest BCUT2D eigenvalue weighted by Gasteiger charge is 2.28. The van der Waals surface area contributed by atoms with E-state index in [1.54, 1.807) is 0 Å². The number of hydrogen-bond donors (Lipinski definition) is 0. The molecule has 4 heteroatoms. The molecule has 0 N–H and O–H groups in total. The first-order valence-corrected chi connectivity index (χ1v) is 17.0. The molecule has 226 valence electrons. The number of fused-ring (bicyclic) bond motifs is 7. The quantitative estimate of drug-likeness (QED) is 0.192. The Labute approximate surface area is 282 Å². The van der Waals surface area contributed by atoms with Crippen LogP contribution >= 0.6 is 11.3 Å². The summed E-state index contributed by atoms with van der Waals surface area (Å²) in [6.45, 7) is 0. The van der Waals surface area contributed by atoms with Gasteiger partial charge in [0.2, 0.25) is 0 Å². The van der Waals surface area contributed by atoms with Crippen molar-refractivity contribution in [2.24, 2.45) is 0 Å².